The van der Waals surface area contributed by atoms with Gasteiger partial charge in [0.25, 0.3) is 5.91 Å². The van der Waals surface area contributed by atoms with Gasteiger partial charge in [-0.25, -0.2) is 8.78 Å². The minimum Gasteiger partial charge on any atom is -0.452 e. The average Bonchev–Trinajstić information content (AvgIpc) is 2.51. The number of halogens is 2. The largest absolute Gasteiger partial charge is 0.452 e. The number of anilines is 1. The molecule has 0 spiro atoms. The molecular formula is C16H17F2NO3. The first-order valence-corrected chi connectivity index (χ1v) is 7.09. The van der Waals surface area contributed by atoms with Gasteiger partial charge in [0.05, 0.1) is 5.92 Å². The highest BCUT2D eigenvalue weighted by atomic mass is 19.2. The number of benzene rings is 1. The quantitative estimate of drug-likeness (QED) is 0.686. The highest BCUT2D eigenvalue weighted by molar-refractivity contribution is 5.95. The molecule has 22 heavy (non-hydrogen) atoms. The van der Waals surface area contributed by atoms with E-state index in [2.05, 4.69) is 5.32 Å². The van der Waals surface area contributed by atoms with E-state index >= 15 is 0 Å². The molecule has 118 valence electrons. The molecule has 1 N–H and O–H groups in total. The van der Waals surface area contributed by atoms with E-state index in [4.69, 9.17) is 4.74 Å². The molecule has 0 unspecified atom stereocenters. The molecule has 0 aromatic heterocycles. The summed E-state index contributed by atoms with van der Waals surface area (Å²) in [6.45, 7) is 1.44. The lowest BCUT2D eigenvalue weighted by Crippen LogP contribution is -2.32. The van der Waals surface area contributed by atoms with E-state index in [1.807, 2.05) is 12.2 Å². The van der Waals surface area contributed by atoms with Crippen LogP contribution in [0.25, 0.3) is 0 Å². The summed E-state index contributed by atoms with van der Waals surface area (Å²) in [5.74, 6) is -3.30. The van der Waals surface area contributed by atoms with Gasteiger partial charge in [-0.1, -0.05) is 12.2 Å². The van der Waals surface area contributed by atoms with Crippen LogP contribution < -0.4 is 5.32 Å². The predicted octanol–water partition coefficient (Wildman–Crippen LogP) is 3.19. The Morgan fingerprint density at radius 3 is 2.68 bits per heavy atom. The smallest absolute Gasteiger partial charge is 0.310 e. The molecule has 0 bridgehead atoms. The lowest BCUT2D eigenvalue weighted by molar-refractivity contribution is -0.157. The number of rotatable bonds is 4. The third-order valence-electron chi connectivity index (χ3n) is 3.45. The van der Waals surface area contributed by atoms with Gasteiger partial charge >= 0.3 is 5.97 Å². The van der Waals surface area contributed by atoms with Crippen molar-refractivity contribution in [2.75, 3.05) is 5.32 Å². The number of allylic oxidation sites excluding steroid dienone is 2. The Balaban J connectivity index is 1.89. The molecule has 1 aliphatic rings. The molecular weight excluding hydrogens is 292 g/mol. The lowest BCUT2D eigenvalue weighted by atomic mass is 9.95. The van der Waals surface area contributed by atoms with Crippen LogP contribution in [0.15, 0.2) is 30.4 Å². The first kappa shape index (κ1) is 16.1. The highest BCUT2D eigenvalue weighted by Gasteiger charge is 2.25. The van der Waals surface area contributed by atoms with Gasteiger partial charge in [-0.05, 0) is 38.3 Å². The van der Waals surface area contributed by atoms with Crippen LogP contribution in [-0.2, 0) is 14.3 Å². The van der Waals surface area contributed by atoms with E-state index in [0.29, 0.717) is 12.8 Å². The van der Waals surface area contributed by atoms with Gasteiger partial charge in [-0.2, -0.15) is 0 Å². The van der Waals surface area contributed by atoms with Crippen LogP contribution in [0.2, 0.25) is 0 Å². The van der Waals surface area contributed by atoms with Crippen LogP contribution in [0.5, 0.6) is 0 Å². The Bertz CT molecular complexity index is 601. The summed E-state index contributed by atoms with van der Waals surface area (Å²) in [5, 5.41) is 2.38. The summed E-state index contributed by atoms with van der Waals surface area (Å²) in [5.41, 5.74) is 0.104. The van der Waals surface area contributed by atoms with Crippen molar-refractivity contribution in [2.45, 2.75) is 32.3 Å². The molecule has 1 aromatic rings. The Hall–Kier alpha value is -2.24. The monoisotopic (exact) mass is 309 g/mol. The molecule has 2 rings (SSSR count). The van der Waals surface area contributed by atoms with Gasteiger partial charge in [0.1, 0.15) is 0 Å². The summed E-state index contributed by atoms with van der Waals surface area (Å²) < 4.78 is 31.0. The zero-order chi connectivity index (χ0) is 16.1. The summed E-state index contributed by atoms with van der Waals surface area (Å²) in [6, 6.07) is 3.01. The third-order valence-corrected chi connectivity index (χ3v) is 3.45. The van der Waals surface area contributed by atoms with E-state index in [1.165, 1.54) is 13.0 Å². The number of amides is 1. The minimum atomic E-state index is -1.06. The number of carbonyl (C=O) groups is 2. The maximum absolute atomic E-state index is 13.1. The van der Waals surface area contributed by atoms with Crippen LogP contribution in [0.4, 0.5) is 14.5 Å². The number of carbonyl (C=O) groups excluding carboxylic acids is 2. The van der Waals surface area contributed by atoms with Gasteiger partial charge in [-0.15, -0.1) is 0 Å². The Kier molecular flexibility index (Phi) is 5.25. The van der Waals surface area contributed by atoms with Crippen LogP contribution in [-0.4, -0.2) is 18.0 Å². The minimum absolute atomic E-state index is 0.104. The highest BCUT2D eigenvalue weighted by Crippen LogP contribution is 2.20. The number of esters is 1. The van der Waals surface area contributed by atoms with E-state index < -0.39 is 29.6 Å². The summed E-state index contributed by atoms with van der Waals surface area (Å²) >= 11 is 0. The van der Waals surface area contributed by atoms with Gasteiger partial charge in [0.15, 0.2) is 17.7 Å². The fraction of sp³-hybridized carbons (Fsp3) is 0.375. The molecule has 4 nitrogen and oxygen atoms in total. The molecule has 0 saturated heterocycles. The van der Waals surface area contributed by atoms with Crippen LogP contribution in [0, 0.1) is 17.6 Å². The van der Waals surface area contributed by atoms with Gasteiger partial charge in [-0.3, -0.25) is 9.59 Å². The van der Waals surface area contributed by atoms with Crippen LogP contribution >= 0.6 is 0 Å². The molecule has 0 fully saturated rings. The van der Waals surface area contributed by atoms with Crippen molar-refractivity contribution in [2.24, 2.45) is 5.92 Å². The van der Waals surface area contributed by atoms with E-state index in [0.717, 1.165) is 18.6 Å². The van der Waals surface area contributed by atoms with E-state index in [9.17, 15) is 18.4 Å². The molecule has 0 radical (unpaired) electrons. The fourth-order valence-electron chi connectivity index (χ4n) is 2.15. The topological polar surface area (TPSA) is 55.4 Å². The van der Waals surface area contributed by atoms with Gasteiger partial charge < -0.3 is 10.1 Å². The number of nitrogens with one attached hydrogen (secondary N) is 1. The molecule has 1 amide bonds. The van der Waals surface area contributed by atoms with Gasteiger partial charge in [0, 0.05) is 11.8 Å². The zero-order valence-corrected chi connectivity index (χ0v) is 12.1. The standard InChI is InChI=1S/C16H17F2NO3/c1-10(22-16(21)11-5-3-2-4-6-11)15(20)19-12-7-8-13(17)14(18)9-12/h2-3,7-11H,4-6H2,1H3,(H,19,20)/t10-,11-/m1/s1. The molecule has 0 saturated carbocycles. The summed E-state index contributed by atoms with van der Waals surface area (Å²) in [6.07, 6.45) is 5.04. The molecule has 0 heterocycles. The second-order valence-electron chi connectivity index (χ2n) is 5.18. The van der Waals surface area contributed by atoms with E-state index in [1.54, 1.807) is 0 Å². The van der Waals surface area contributed by atoms with Crippen LogP contribution in [0.1, 0.15) is 26.2 Å². The first-order valence-electron chi connectivity index (χ1n) is 7.09. The predicted molar refractivity (Wildman–Crippen MR) is 77.0 cm³/mol. The molecule has 6 heteroatoms. The molecule has 1 aliphatic carbocycles. The van der Waals surface area contributed by atoms with Gasteiger partial charge in [0.2, 0.25) is 0 Å². The second-order valence-corrected chi connectivity index (χ2v) is 5.18. The Labute approximate surface area is 127 Å². The summed E-state index contributed by atoms with van der Waals surface area (Å²) in [4.78, 5) is 23.8. The van der Waals surface area contributed by atoms with Crippen molar-refractivity contribution >= 4 is 17.6 Å². The summed E-state index contributed by atoms with van der Waals surface area (Å²) in [7, 11) is 0. The zero-order valence-electron chi connectivity index (χ0n) is 12.1. The molecule has 1 aromatic carbocycles. The normalized spacial score (nSPS) is 18.6. The Morgan fingerprint density at radius 1 is 1.27 bits per heavy atom. The lowest BCUT2D eigenvalue weighted by Gasteiger charge is -2.19. The van der Waals surface area contributed by atoms with Crippen molar-refractivity contribution in [3.63, 3.8) is 0 Å². The molecule has 0 aliphatic heterocycles. The van der Waals surface area contributed by atoms with Crippen molar-refractivity contribution in [3.05, 3.63) is 42.0 Å². The maximum atomic E-state index is 13.1. The number of hydrogen-bond donors (Lipinski definition) is 1. The maximum Gasteiger partial charge on any atom is 0.310 e. The van der Waals surface area contributed by atoms with Crippen molar-refractivity contribution in [1.82, 2.24) is 0 Å². The number of hydrogen-bond acceptors (Lipinski definition) is 3. The third kappa shape index (κ3) is 4.13. The first-order chi connectivity index (χ1) is 10.5. The fourth-order valence-corrected chi connectivity index (χ4v) is 2.15. The van der Waals surface area contributed by atoms with E-state index in [-0.39, 0.29) is 11.6 Å². The SMILES string of the molecule is C[C@@H](OC(=O)[C@@H]1CC=CCC1)C(=O)Nc1ccc(F)c(F)c1. The average molecular weight is 309 g/mol. The Morgan fingerprint density at radius 2 is 2.05 bits per heavy atom. The molecule has 2 atom stereocenters. The van der Waals surface area contributed by atoms with Crippen LogP contribution in [0.3, 0.4) is 0 Å². The van der Waals surface area contributed by atoms with Crippen molar-refractivity contribution in [1.29, 1.82) is 0 Å². The second kappa shape index (κ2) is 7.15. The number of ether oxygens (including phenoxy) is 1. The van der Waals surface area contributed by atoms with Crippen molar-refractivity contribution in [3.8, 4) is 0 Å². The van der Waals surface area contributed by atoms with Crippen molar-refractivity contribution < 1.29 is 23.1 Å².